The summed E-state index contributed by atoms with van der Waals surface area (Å²) in [5.74, 6) is 0. The lowest BCUT2D eigenvalue weighted by Gasteiger charge is -2.32. The molecule has 0 saturated heterocycles. The van der Waals surface area contributed by atoms with Gasteiger partial charge in [0.25, 0.3) is 0 Å². The highest BCUT2D eigenvalue weighted by Crippen LogP contribution is 2.51. The summed E-state index contributed by atoms with van der Waals surface area (Å²) >= 11 is 0. The van der Waals surface area contributed by atoms with E-state index in [2.05, 4.69) is 217 Å². The number of anilines is 3. The van der Waals surface area contributed by atoms with Crippen LogP contribution in [0.3, 0.4) is 0 Å². The minimum Gasteiger partial charge on any atom is -0.455 e. The van der Waals surface area contributed by atoms with Crippen LogP contribution in [0.4, 0.5) is 17.1 Å². The second-order valence-electron chi connectivity index (χ2n) is 14.8. The summed E-state index contributed by atoms with van der Waals surface area (Å²) in [6.45, 7) is 0. The fraction of sp³-hybridized carbons (Fsp3) is 0. The molecule has 0 unspecified atom stereocenters. The minimum absolute atomic E-state index is 0.901. The van der Waals surface area contributed by atoms with Crippen molar-refractivity contribution < 1.29 is 4.42 Å². The van der Waals surface area contributed by atoms with Crippen molar-refractivity contribution in [2.24, 2.45) is 0 Å². The first-order valence-electron chi connectivity index (χ1n) is 19.8. The number of hydrogen-bond donors (Lipinski definition) is 0. The molecule has 11 rings (SSSR count). The van der Waals surface area contributed by atoms with Gasteiger partial charge in [0.15, 0.2) is 0 Å². The molecule has 272 valence electrons. The molecule has 10 aromatic carbocycles. The first kappa shape index (κ1) is 33.6. The molecule has 0 amide bonds. The van der Waals surface area contributed by atoms with Crippen LogP contribution >= 0.6 is 0 Å². The fourth-order valence-corrected chi connectivity index (χ4v) is 8.79. The van der Waals surface area contributed by atoms with Crippen molar-refractivity contribution in [3.05, 3.63) is 224 Å². The van der Waals surface area contributed by atoms with Gasteiger partial charge in [-0.05, 0) is 68.2 Å². The lowest BCUT2D eigenvalue weighted by Crippen LogP contribution is -2.13. The average Bonchev–Trinajstić information content (AvgIpc) is 3.69. The number of benzene rings is 10. The molecule has 2 nitrogen and oxygen atoms in total. The Labute approximate surface area is 337 Å². The topological polar surface area (TPSA) is 16.4 Å². The Morgan fingerprint density at radius 2 is 0.776 bits per heavy atom. The molecule has 0 atom stereocenters. The standard InChI is InChI=1S/C56H37NO/c1-3-16-38(17-4-1)39-30-32-42(33-31-39)54-49-24-9-7-21-46(49)47-22-8-10-25-50(47)55(54)57(52-28-13-11-20-44(52)40-18-5-2-6-19-40)43-36-34-41(35-37-43)45-26-15-27-51-48-23-12-14-29-53(48)58-56(45)51/h1-37H. The van der Waals surface area contributed by atoms with Crippen molar-refractivity contribution in [2.75, 3.05) is 4.90 Å². The van der Waals surface area contributed by atoms with Gasteiger partial charge >= 0.3 is 0 Å². The van der Waals surface area contributed by atoms with Gasteiger partial charge in [0.1, 0.15) is 11.2 Å². The van der Waals surface area contributed by atoms with Crippen LogP contribution in [0.1, 0.15) is 0 Å². The molecule has 0 N–H and O–H groups in total. The van der Waals surface area contributed by atoms with Gasteiger partial charge in [0.05, 0.1) is 11.4 Å². The second kappa shape index (κ2) is 14.1. The van der Waals surface area contributed by atoms with Gasteiger partial charge in [-0.2, -0.15) is 0 Å². The Kier molecular flexibility index (Phi) is 8.19. The fourth-order valence-electron chi connectivity index (χ4n) is 8.79. The summed E-state index contributed by atoms with van der Waals surface area (Å²) in [5, 5.41) is 7.09. The molecule has 0 saturated carbocycles. The predicted molar refractivity (Wildman–Crippen MR) is 245 cm³/mol. The highest BCUT2D eigenvalue weighted by molar-refractivity contribution is 6.23. The summed E-state index contributed by atoms with van der Waals surface area (Å²) in [6, 6.07) is 80.7. The summed E-state index contributed by atoms with van der Waals surface area (Å²) in [7, 11) is 0. The lowest BCUT2D eigenvalue weighted by molar-refractivity contribution is 0.670. The van der Waals surface area contributed by atoms with Crippen molar-refractivity contribution >= 4 is 60.5 Å². The molecule has 0 fully saturated rings. The molecule has 0 spiro atoms. The van der Waals surface area contributed by atoms with Gasteiger partial charge in [-0.25, -0.2) is 0 Å². The van der Waals surface area contributed by atoms with Crippen molar-refractivity contribution in [3.63, 3.8) is 0 Å². The summed E-state index contributed by atoms with van der Waals surface area (Å²) in [4.78, 5) is 2.49. The van der Waals surface area contributed by atoms with E-state index < -0.39 is 0 Å². The van der Waals surface area contributed by atoms with Crippen LogP contribution in [0.5, 0.6) is 0 Å². The molecule has 2 heteroatoms. The SMILES string of the molecule is c1ccc(-c2ccc(-c3c(N(c4ccc(-c5cccc6c5oc5ccccc56)cc4)c4ccccc4-c4ccccc4)c4ccccc4c4ccccc34)cc2)cc1. The Morgan fingerprint density at radius 1 is 0.293 bits per heavy atom. The highest BCUT2D eigenvalue weighted by Gasteiger charge is 2.25. The van der Waals surface area contributed by atoms with Crippen LogP contribution in [0.15, 0.2) is 229 Å². The maximum Gasteiger partial charge on any atom is 0.143 e. The second-order valence-corrected chi connectivity index (χ2v) is 14.8. The number of hydrogen-bond acceptors (Lipinski definition) is 2. The zero-order valence-corrected chi connectivity index (χ0v) is 31.7. The van der Waals surface area contributed by atoms with Crippen molar-refractivity contribution in [3.8, 4) is 44.5 Å². The van der Waals surface area contributed by atoms with E-state index in [1.807, 2.05) is 12.1 Å². The van der Waals surface area contributed by atoms with Crippen LogP contribution in [0.2, 0.25) is 0 Å². The zero-order chi connectivity index (χ0) is 38.4. The number of furan rings is 1. The van der Waals surface area contributed by atoms with E-state index in [1.165, 1.54) is 38.2 Å². The Morgan fingerprint density at radius 3 is 1.52 bits per heavy atom. The van der Waals surface area contributed by atoms with Crippen molar-refractivity contribution in [1.29, 1.82) is 0 Å². The molecule has 0 aliphatic rings. The predicted octanol–water partition coefficient (Wildman–Crippen LogP) is 16.0. The largest absolute Gasteiger partial charge is 0.455 e. The molecule has 0 radical (unpaired) electrons. The minimum atomic E-state index is 0.901. The van der Waals surface area contributed by atoms with Crippen molar-refractivity contribution in [1.82, 2.24) is 0 Å². The van der Waals surface area contributed by atoms with E-state index in [0.29, 0.717) is 0 Å². The zero-order valence-electron chi connectivity index (χ0n) is 31.7. The summed E-state index contributed by atoms with van der Waals surface area (Å²) < 4.78 is 6.50. The highest BCUT2D eigenvalue weighted by atomic mass is 16.3. The van der Waals surface area contributed by atoms with E-state index in [1.54, 1.807) is 0 Å². The maximum atomic E-state index is 6.50. The van der Waals surface area contributed by atoms with Gasteiger partial charge in [0, 0.05) is 38.5 Å². The van der Waals surface area contributed by atoms with Gasteiger partial charge in [-0.3, -0.25) is 0 Å². The molecule has 0 bridgehead atoms. The third-order valence-electron chi connectivity index (χ3n) is 11.5. The molecule has 0 aliphatic heterocycles. The van der Waals surface area contributed by atoms with Gasteiger partial charge < -0.3 is 9.32 Å². The Bertz CT molecular complexity index is 3250. The normalized spacial score (nSPS) is 11.4. The summed E-state index contributed by atoms with van der Waals surface area (Å²) in [6.07, 6.45) is 0. The van der Waals surface area contributed by atoms with Gasteiger partial charge in [-0.1, -0.05) is 200 Å². The smallest absolute Gasteiger partial charge is 0.143 e. The van der Waals surface area contributed by atoms with Crippen LogP contribution < -0.4 is 4.90 Å². The average molecular weight is 740 g/mol. The van der Waals surface area contributed by atoms with Gasteiger partial charge in [0.2, 0.25) is 0 Å². The lowest BCUT2D eigenvalue weighted by atomic mass is 9.89. The number of rotatable bonds is 7. The van der Waals surface area contributed by atoms with Crippen molar-refractivity contribution in [2.45, 2.75) is 0 Å². The number of fused-ring (bicyclic) bond motifs is 6. The van der Waals surface area contributed by atoms with Crippen LogP contribution in [0, 0.1) is 0 Å². The van der Waals surface area contributed by atoms with E-state index in [9.17, 15) is 0 Å². The Hall–Kier alpha value is -7.68. The third-order valence-corrected chi connectivity index (χ3v) is 11.5. The first-order valence-corrected chi connectivity index (χ1v) is 19.8. The molecule has 58 heavy (non-hydrogen) atoms. The van der Waals surface area contributed by atoms with Crippen LogP contribution in [-0.4, -0.2) is 0 Å². The van der Waals surface area contributed by atoms with E-state index in [-0.39, 0.29) is 0 Å². The molecular formula is C56H37NO. The molecule has 1 aromatic heterocycles. The number of para-hydroxylation sites is 3. The first-order chi connectivity index (χ1) is 28.8. The third kappa shape index (κ3) is 5.66. The summed E-state index contributed by atoms with van der Waals surface area (Å²) in [5.41, 5.74) is 14.3. The van der Waals surface area contributed by atoms with Gasteiger partial charge in [-0.15, -0.1) is 0 Å². The van der Waals surface area contributed by atoms with Crippen LogP contribution in [0.25, 0.3) is 88.0 Å². The maximum absolute atomic E-state index is 6.50. The quantitative estimate of drug-likeness (QED) is 0.151. The molecule has 11 aromatic rings. The van der Waals surface area contributed by atoms with Crippen LogP contribution in [-0.2, 0) is 0 Å². The van der Waals surface area contributed by atoms with E-state index in [0.717, 1.165) is 66.8 Å². The number of nitrogens with zero attached hydrogens (tertiary/aromatic N) is 1. The Balaban J connectivity index is 1.19. The monoisotopic (exact) mass is 739 g/mol. The van der Waals surface area contributed by atoms with E-state index >= 15 is 0 Å². The molecule has 1 heterocycles. The van der Waals surface area contributed by atoms with E-state index in [4.69, 9.17) is 4.42 Å². The molecular weight excluding hydrogens is 703 g/mol. The molecule has 0 aliphatic carbocycles.